The first-order chi connectivity index (χ1) is 8.20. The summed E-state index contributed by atoms with van der Waals surface area (Å²) in [6, 6.07) is 7.63. The first-order valence-corrected chi connectivity index (χ1v) is 5.62. The van der Waals surface area contributed by atoms with Gasteiger partial charge in [-0.1, -0.05) is 6.07 Å². The number of hydrogen-bond acceptors (Lipinski definition) is 3. The van der Waals surface area contributed by atoms with E-state index in [1.165, 1.54) is 22.4 Å². The number of carbonyl (C=O) groups is 1. The Labute approximate surface area is 100 Å². The molecule has 1 aromatic carbocycles. The van der Waals surface area contributed by atoms with Crippen molar-refractivity contribution in [2.45, 2.75) is 19.3 Å². The minimum Gasteiger partial charge on any atom is -0.410 e. The van der Waals surface area contributed by atoms with Crippen molar-refractivity contribution in [3.63, 3.8) is 0 Å². The van der Waals surface area contributed by atoms with Crippen LogP contribution in [0.15, 0.2) is 18.2 Å². The fourth-order valence-electron chi connectivity index (χ4n) is 1.96. The van der Waals surface area contributed by atoms with E-state index in [0.717, 1.165) is 12.8 Å². The van der Waals surface area contributed by atoms with Gasteiger partial charge in [0.1, 0.15) is 12.3 Å². The molecule has 1 aromatic rings. The zero-order valence-corrected chi connectivity index (χ0v) is 9.77. The van der Waals surface area contributed by atoms with Gasteiger partial charge in [-0.05, 0) is 42.5 Å². The number of carbonyl (C=O) groups excluding carboxylic acids is 1. The highest BCUT2D eigenvalue weighted by atomic mass is 16.6. The molecule has 4 nitrogen and oxygen atoms in total. The highest BCUT2D eigenvalue weighted by molar-refractivity contribution is 5.70. The molecule has 0 saturated heterocycles. The lowest BCUT2D eigenvalue weighted by Gasteiger charge is -2.13. The van der Waals surface area contributed by atoms with Gasteiger partial charge in [-0.3, -0.25) is 4.90 Å². The molecule has 88 valence electrons. The molecule has 0 radical (unpaired) electrons. The Balaban J connectivity index is 2.04. The van der Waals surface area contributed by atoms with E-state index < -0.39 is 6.09 Å². The minimum absolute atomic E-state index is 0.0315. The number of hydrogen-bond donors (Lipinski definition) is 0. The summed E-state index contributed by atoms with van der Waals surface area (Å²) in [5.74, 6) is 0.556. The number of amides is 1. The van der Waals surface area contributed by atoms with E-state index in [4.69, 9.17) is 10.00 Å². The van der Waals surface area contributed by atoms with E-state index in [1.807, 2.05) is 24.3 Å². The summed E-state index contributed by atoms with van der Waals surface area (Å²) in [6.45, 7) is 0.0315. The average Bonchev–Trinajstić information content (AvgIpc) is 2.76. The molecule has 2 rings (SSSR count). The van der Waals surface area contributed by atoms with Gasteiger partial charge in [0.15, 0.2) is 0 Å². The third-order valence-electron chi connectivity index (χ3n) is 2.89. The Morgan fingerprint density at radius 1 is 1.47 bits per heavy atom. The van der Waals surface area contributed by atoms with Crippen LogP contribution >= 0.6 is 0 Å². The zero-order valence-electron chi connectivity index (χ0n) is 9.77. The number of aryl methyl sites for hydroxylation is 2. The molecular formula is C13H14N2O2. The van der Waals surface area contributed by atoms with Gasteiger partial charge in [0, 0.05) is 7.05 Å². The molecule has 1 amide bonds. The number of ether oxygens (including phenoxy) is 1. The predicted molar refractivity (Wildman–Crippen MR) is 62.7 cm³/mol. The molecule has 1 aliphatic carbocycles. The van der Waals surface area contributed by atoms with Crippen molar-refractivity contribution >= 4 is 6.09 Å². The Hall–Kier alpha value is -2.02. The summed E-state index contributed by atoms with van der Waals surface area (Å²) >= 11 is 0. The summed E-state index contributed by atoms with van der Waals surface area (Å²) in [5.41, 5.74) is 2.61. The Morgan fingerprint density at radius 3 is 3.00 bits per heavy atom. The molecule has 0 aliphatic heterocycles. The second-order valence-corrected chi connectivity index (χ2v) is 4.17. The Morgan fingerprint density at radius 2 is 2.24 bits per heavy atom. The highest BCUT2D eigenvalue weighted by Gasteiger charge is 2.14. The third kappa shape index (κ3) is 2.56. The lowest BCUT2D eigenvalue weighted by Crippen LogP contribution is -2.29. The van der Waals surface area contributed by atoms with Crippen LogP contribution in [0.5, 0.6) is 5.75 Å². The van der Waals surface area contributed by atoms with Crippen molar-refractivity contribution < 1.29 is 9.53 Å². The van der Waals surface area contributed by atoms with Gasteiger partial charge in [0.05, 0.1) is 6.07 Å². The topological polar surface area (TPSA) is 53.3 Å². The van der Waals surface area contributed by atoms with E-state index in [9.17, 15) is 4.79 Å². The van der Waals surface area contributed by atoms with Crippen molar-refractivity contribution in [2.24, 2.45) is 0 Å². The number of nitriles is 1. The molecule has 0 bridgehead atoms. The normalized spacial score (nSPS) is 12.7. The number of fused-ring (bicyclic) bond motifs is 1. The van der Waals surface area contributed by atoms with Crippen LogP contribution in [0.2, 0.25) is 0 Å². The maximum Gasteiger partial charge on any atom is 0.415 e. The third-order valence-corrected chi connectivity index (χ3v) is 2.89. The molecular weight excluding hydrogens is 216 g/mol. The largest absolute Gasteiger partial charge is 0.415 e. The van der Waals surface area contributed by atoms with Crippen LogP contribution < -0.4 is 4.74 Å². The minimum atomic E-state index is -0.496. The SMILES string of the molecule is CN(CC#N)C(=O)Oc1ccc2c(c1)CCC2. The molecule has 0 atom stereocenters. The lowest BCUT2D eigenvalue weighted by atomic mass is 10.1. The summed E-state index contributed by atoms with van der Waals surface area (Å²) in [7, 11) is 1.54. The first-order valence-electron chi connectivity index (χ1n) is 5.62. The molecule has 0 spiro atoms. The summed E-state index contributed by atoms with van der Waals surface area (Å²) in [5, 5.41) is 8.48. The molecule has 0 fully saturated rings. The molecule has 4 heteroatoms. The number of benzene rings is 1. The number of rotatable bonds is 2. The van der Waals surface area contributed by atoms with Gasteiger partial charge in [-0.2, -0.15) is 5.26 Å². The molecule has 1 aliphatic rings. The van der Waals surface area contributed by atoms with Gasteiger partial charge in [0.2, 0.25) is 0 Å². The quantitative estimate of drug-likeness (QED) is 0.731. The van der Waals surface area contributed by atoms with E-state index >= 15 is 0 Å². The van der Waals surface area contributed by atoms with Gasteiger partial charge < -0.3 is 4.74 Å². The van der Waals surface area contributed by atoms with E-state index in [2.05, 4.69) is 0 Å². The standard InChI is InChI=1S/C13H14N2O2/c1-15(8-7-14)13(16)17-12-6-5-10-3-2-4-11(10)9-12/h5-6,9H,2-4,8H2,1H3. The monoisotopic (exact) mass is 230 g/mol. The predicted octanol–water partition coefficient (Wildman–Crippen LogP) is 2.13. The second-order valence-electron chi connectivity index (χ2n) is 4.17. The molecule has 17 heavy (non-hydrogen) atoms. The highest BCUT2D eigenvalue weighted by Crippen LogP contribution is 2.26. The zero-order chi connectivity index (χ0) is 12.3. The van der Waals surface area contributed by atoms with Crippen LogP contribution in [0.4, 0.5) is 4.79 Å². The maximum atomic E-state index is 11.6. The van der Waals surface area contributed by atoms with Gasteiger partial charge in [-0.25, -0.2) is 4.79 Å². The van der Waals surface area contributed by atoms with Gasteiger partial charge >= 0.3 is 6.09 Å². The maximum absolute atomic E-state index is 11.6. The van der Waals surface area contributed by atoms with Crippen LogP contribution in [0.3, 0.4) is 0 Å². The Bertz CT molecular complexity index is 477. The van der Waals surface area contributed by atoms with Gasteiger partial charge in [0.25, 0.3) is 0 Å². The smallest absolute Gasteiger partial charge is 0.410 e. The van der Waals surface area contributed by atoms with Crippen LogP contribution in [0.25, 0.3) is 0 Å². The van der Waals surface area contributed by atoms with Crippen LogP contribution in [0, 0.1) is 11.3 Å². The van der Waals surface area contributed by atoms with Crippen molar-refractivity contribution in [1.82, 2.24) is 4.90 Å². The molecule has 0 unspecified atom stereocenters. The Kier molecular flexibility index (Phi) is 3.29. The van der Waals surface area contributed by atoms with Crippen molar-refractivity contribution in [3.05, 3.63) is 29.3 Å². The van der Waals surface area contributed by atoms with Crippen molar-refractivity contribution in [3.8, 4) is 11.8 Å². The molecule has 0 saturated carbocycles. The van der Waals surface area contributed by atoms with E-state index in [-0.39, 0.29) is 6.54 Å². The molecule has 0 heterocycles. The average molecular weight is 230 g/mol. The fourth-order valence-corrected chi connectivity index (χ4v) is 1.96. The first kappa shape index (κ1) is 11.5. The number of nitrogens with zero attached hydrogens (tertiary/aromatic N) is 2. The summed E-state index contributed by atoms with van der Waals surface area (Å²) in [4.78, 5) is 12.8. The fraction of sp³-hybridized carbons (Fsp3) is 0.385. The van der Waals surface area contributed by atoms with E-state index in [0.29, 0.717) is 5.75 Å². The van der Waals surface area contributed by atoms with Crippen molar-refractivity contribution in [2.75, 3.05) is 13.6 Å². The van der Waals surface area contributed by atoms with Crippen LogP contribution in [0.1, 0.15) is 17.5 Å². The van der Waals surface area contributed by atoms with E-state index in [1.54, 1.807) is 7.05 Å². The van der Waals surface area contributed by atoms with Gasteiger partial charge in [-0.15, -0.1) is 0 Å². The van der Waals surface area contributed by atoms with Crippen molar-refractivity contribution in [1.29, 1.82) is 5.26 Å². The second kappa shape index (κ2) is 4.88. The molecule has 0 aromatic heterocycles. The van der Waals surface area contributed by atoms with Crippen LogP contribution in [-0.2, 0) is 12.8 Å². The summed E-state index contributed by atoms with van der Waals surface area (Å²) in [6.07, 6.45) is 2.83. The van der Waals surface area contributed by atoms with Crippen LogP contribution in [-0.4, -0.2) is 24.6 Å². The summed E-state index contributed by atoms with van der Waals surface area (Å²) < 4.78 is 5.19. The molecule has 0 N–H and O–H groups in total. The lowest BCUT2D eigenvalue weighted by molar-refractivity contribution is 0.168.